The van der Waals surface area contributed by atoms with Gasteiger partial charge in [0.05, 0.1) is 6.10 Å². The zero-order valence-corrected chi connectivity index (χ0v) is 13.5. The molecule has 0 unspecified atom stereocenters. The molecule has 0 aliphatic heterocycles. The van der Waals surface area contributed by atoms with Crippen LogP contribution in [-0.2, 0) is 7.05 Å². The highest BCUT2D eigenvalue weighted by atomic mass is 16.3. The van der Waals surface area contributed by atoms with Gasteiger partial charge in [-0.3, -0.25) is 9.59 Å². The predicted octanol–water partition coefficient (Wildman–Crippen LogP) is 0.915. The van der Waals surface area contributed by atoms with E-state index >= 15 is 0 Å². The summed E-state index contributed by atoms with van der Waals surface area (Å²) in [7, 11) is 5.46. The van der Waals surface area contributed by atoms with Crippen molar-refractivity contribution < 1.29 is 9.90 Å². The number of hydrogen-bond donors (Lipinski definition) is 2. The molecule has 1 atom stereocenters. The Morgan fingerprint density at radius 2 is 1.91 bits per heavy atom. The number of amides is 1. The molecule has 0 fully saturated rings. The number of aromatic nitrogens is 1. The summed E-state index contributed by atoms with van der Waals surface area (Å²) in [4.78, 5) is 25.9. The molecule has 1 aromatic heterocycles. The Morgan fingerprint density at radius 3 is 2.52 bits per heavy atom. The van der Waals surface area contributed by atoms with E-state index in [1.165, 1.54) is 10.6 Å². The molecule has 0 saturated carbocycles. The number of carbonyl (C=O) groups excluding carboxylic acids is 1. The number of nitrogens with one attached hydrogen (secondary N) is 1. The quantitative estimate of drug-likeness (QED) is 0.860. The Labute approximate surface area is 135 Å². The van der Waals surface area contributed by atoms with Crippen molar-refractivity contribution in [2.45, 2.75) is 6.10 Å². The van der Waals surface area contributed by atoms with E-state index in [0.29, 0.717) is 5.56 Å². The van der Waals surface area contributed by atoms with Crippen LogP contribution in [0.2, 0.25) is 0 Å². The molecule has 122 valence electrons. The van der Waals surface area contributed by atoms with E-state index < -0.39 is 12.0 Å². The number of carbonyl (C=O) groups is 1. The van der Waals surface area contributed by atoms with Crippen LogP contribution in [0, 0.1) is 0 Å². The van der Waals surface area contributed by atoms with Crippen LogP contribution in [0.3, 0.4) is 0 Å². The van der Waals surface area contributed by atoms with Gasteiger partial charge < -0.3 is 19.9 Å². The van der Waals surface area contributed by atoms with Gasteiger partial charge in [-0.15, -0.1) is 0 Å². The lowest BCUT2D eigenvalue weighted by Gasteiger charge is -2.15. The SMILES string of the molecule is CN(C)c1ccc([C@@H](O)CNC(=O)c2cccn(C)c2=O)cc1. The minimum atomic E-state index is -0.831. The second-order valence-electron chi connectivity index (χ2n) is 5.55. The van der Waals surface area contributed by atoms with Gasteiger partial charge in [0, 0.05) is 39.6 Å². The van der Waals surface area contributed by atoms with Crippen LogP contribution in [0.5, 0.6) is 0 Å². The van der Waals surface area contributed by atoms with Gasteiger partial charge >= 0.3 is 0 Å². The first kappa shape index (κ1) is 16.8. The van der Waals surface area contributed by atoms with E-state index in [1.54, 1.807) is 19.3 Å². The molecule has 0 aliphatic rings. The summed E-state index contributed by atoms with van der Waals surface area (Å²) in [5.41, 5.74) is 1.43. The maximum atomic E-state index is 12.1. The number of aryl methyl sites for hydroxylation is 1. The lowest BCUT2D eigenvalue weighted by molar-refractivity contribution is 0.0914. The summed E-state index contributed by atoms with van der Waals surface area (Å²) in [6.45, 7) is 0.0399. The summed E-state index contributed by atoms with van der Waals surface area (Å²) in [6, 6.07) is 10.5. The Balaban J connectivity index is 2.01. The van der Waals surface area contributed by atoms with Crippen LogP contribution in [0.15, 0.2) is 47.4 Å². The van der Waals surface area contributed by atoms with Crippen molar-refractivity contribution in [3.63, 3.8) is 0 Å². The Hall–Kier alpha value is -2.60. The monoisotopic (exact) mass is 315 g/mol. The number of benzene rings is 1. The van der Waals surface area contributed by atoms with Crippen LogP contribution < -0.4 is 15.8 Å². The van der Waals surface area contributed by atoms with Gasteiger partial charge in [-0.05, 0) is 29.8 Å². The lowest BCUT2D eigenvalue weighted by Crippen LogP contribution is -2.34. The molecule has 2 rings (SSSR count). The normalized spacial score (nSPS) is 11.8. The van der Waals surface area contributed by atoms with Crippen LogP contribution in [0.1, 0.15) is 22.0 Å². The summed E-state index contributed by atoms with van der Waals surface area (Å²) in [6.07, 6.45) is 0.753. The number of aliphatic hydroxyl groups is 1. The highest BCUT2D eigenvalue weighted by molar-refractivity contribution is 5.93. The summed E-state index contributed by atoms with van der Waals surface area (Å²) < 4.78 is 1.34. The largest absolute Gasteiger partial charge is 0.387 e. The van der Waals surface area contributed by atoms with Crippen LogP contribution >= 0.6 is 0 Å². The fourth-order valence-electron chi connectivity index (χ4n) is 2.17. The van der Waals surface area contributed by atoms with E-state index in [1.807, 2.05) is 43.3 Å². The number of aliphatic hydroxyl groups excluding tert-OH is 1. The van der Waals surface area contributed by atoms with Gasteiger partial charge in [-0.25, -0.2) is 0 Å². The smallest absolute Gasteiger partial charge is 0.263 e. The zero-order valence-electron chi connectivity index (χ0n) is 13.5. The van der Waals surface area contributed by atoms with E-state index in [4.69, 9.17) is 0 Å². The first-order chi connectivity index (χ1) is 10.9. The van der Waals surface area contributed by atoms with Crippen molar-refractivity contribution in [3.05, 3.63) is 64.1 Å². The fraction of sp³-hybridized carbons (Fsp3) is 0.294. The molecular formula is C17H21N3O3. The highest BCUT2D eigenvalue weighted by Crippen LogP contribution is 2.17. The van der Waals surface area contributed by atoms with Crippen LogP contribution in [0.25, 0.3) is 0 Å². The number of nitrogens with zero attached hydrogens (tertiary/aromatic N) is 2. The molecule has 0 aliphatic carbocycles. The molecular weight excluding hydrogens is 294 g/mol. The molecule has 1 amide bonds. The summed E-state index contributed by atoms with van der Waals surface area (Å²) in [5, 5.41) is 12.7. The second-order valence-corrected chi connectivity index (χ2v) is 5.55. The average molecular weight is 315 g/mol. The zero-order chi connectivity index (χ0) is 17.0. The number of anilines is 1. The predicted molar refractivity (Wildman–Crippen MR) is 89.7 cm³/mol. The third-order valence-corrected chi connectivity index (χ3v) is 3.62. The Kier molecular flexibility index (Phi) is 5.18. The number of rotatable bonds is 5. The van der Waals surface area contributed by atoms with Crippen molar-refractivity contribution in [1.82, 2.24) is 9.88 Å². The molecule has 0 bridgehead atoms. The Bertz CT molecular complexity index is 735. The first-order valence-electron chi connectivity index (χ1n) is 7.29. The molecule has 23 heavy (non-hydrogen) atoms. The summed E-state index contributed by atoms with van der Waals surface area (Å²) >= 11 is 0. The van der Waals surface area contributed by atoms with Crippen LogP contribution in [0.4, 0.5) is 5.69 Å². The topological polar surface area (TPSA) is 74.6 Å². The third-order valence-electron chi connectivity index (χ3n) is 3.62. The third kappa shape index (κ3) is 3.98. The minimum absolute atomic E-state index is 0.0399. The van der Waals surface area contributed by atoms with Crippen molar-refractivity contribution >= 4 is 11.6 Å². The molecule has 0 saturated heterocycles. The van der Waals surface area contributed by atoms with Gasteiger partial charge in [-0.1, -0.05) is 12.1 Å². The first-order valence-corrected chi connectivity index (χ1v) is 7.29. The average Bonchev–Trinajstić information content (AvgIpc) is 2.55. The fourth-order valence-corrected chi connectivity index (χ4v) is 2.17. The maximum Gasteiger partial charge on any atom is 0.263 e. The van der Waals surface area contributed by atoms with Crippen molar-refractivity contribution in [3.8, 4) is 0 Å². The van der Waals surface area contributed by atoms with Gasteiger partial charge in [0.2, 0.25) is 0 Å². The van der Waals surface area contributed by atoms with Crippen molar-refractivity contribution in [2.75, 3.05) is 25.5 Å². The molecule has 2 N–H and O–H groups in total. The maximum absolute atomic E-state index is 12.1. The van der Waals surface area contributed by atoms with Gasteiger partial charge in [0.25, 0.3) is 11.5 Å². The van der Waals surface area contributed by atoms with Crippen molar-refractivity contribution in [2.24, 2.45) is 7.05 Å². The molecule has 6 nitrogen and oxygen atoms in total. The standard InChI is InChI=1S/C17H21N3O3/c1-19(2)13-8-6-12(7-9-13)15(21)11-18-16(22)14-5-4-10-20(3)17(14)23/h4-10,15,21H,11H2,1-3H3,(H,18,22)/t15-/m0/s1. The van der Waals surface area contributed by atoms with E-state index in [9.17, 15) is 14.7 Å². The molecule has 1 heterocycles. The number of pyridine rings is 1. The summed E-state index contributed by atoms with van der Waals surface area (Å²) in [5.74, 6) is -0.491. The van der Waals surface area contributed by atoms with E-state index in [2.05, 4.69) is 5.32 Å². The van der Waals surface area contributed by atoms with Gasteiger partial charge in [0.15, 0.2) is 0 Å². The van der Waals surface area contributed by atoms with Crippen molar-refractivity contribution in [1.29, 1.82) is 0 Å². The molecule has 6 heteroatoms. The Morgan fingerprint density at radius 1 is 1.26 bits per heavy atom. The van der Waals surface area contributed by atoms with Crippen LogP contribution in [-0.4, -0.2) is 36.2 Å². The molecule has 1 aromatic carbocycles. The van der Waals surface area contributed by atoms with Gasteiger partial charge in [-0.2, -0.15) is 0 Å². The van der Waals surface area contributed by atoms with Gasteiger partial charge in [0.1, 0.15) is 5.56 Å². The van der Waals surface area contributed by atoms with E-state index in [0.717, 1.165) is 5.69 Å². The minimum Gasteiger partial charge on any atom is -0.387 e. The lowest BCUT2D eigenvalue weighted by atomic mass is 10.1. The second kappa shape index (κ2) is 7.11. The molecule has 0 spiro atoms. The molecule has 2 aromatic rings. The number of hydrogen-bond acceptors (Lipinski definition) is 4. The van der Waals surface area contributed by atoms with E-state index in [-0.39, 0.29) is 17.7 Å². The molecule has 0 radical (unpaired) electrons. The highest BCUT2D eigenvalue weighted by Gasteiger charge is 2.14.